The smallest absolute Gasteiger partial charge is 0.235 e. The van der Waals surface area contributed by atoms with E-state index in [0.29, 0.717) is 0 Å². The Bertz CT molecular complexity index is 529. The van der Waals surface area contributed by atoms with E-state index >= 15 is 0 Å². The normalized spacial score (nSPS) is 10.8. The highest BCUT2D eigenvalue weighted by Gasteiger charge is 1.96. The van der Waals surface area contributed by atoms with Crippen LogP contribution in [0.2, 0.25) is 0 Å². The maximum absolute atomic E-state index is 10.2. The molecule has 0 unspecified atom stereocenters. The lowest BCUT2D eigenvalue weighted by Crippen LogP contribution is -1.95. The summed E-state index contributed by atoms with van der Waals surface area (Å²) in [5, 5.41) is 10.2. The molecule has 0 bridgehead atoms. The van der Waals surface area contributed by atoms with Crippen molar-refractivity contribution < 1.29 is 4.92 Å². The zero-order valence-corrected chi connectivity index (χ0v) is 9.19. The molecular weight excluding hydrogens is 216 g/mol. The van der Waals surface area contributed by atoms with E-state index in [4.69, 9.17) is 0 Å². The van der Waals surface area contributed by atoms with Crippen molar-refractivity contribution in [2.75, 3.05) is 0 Å². The molecule has 4 nitrogen and oxygen atoms in total. The molecule has 1 heterocycles. The lowest BCUT2D eigenvalue weighted by Gasteiger charge is -2.01. The summed E-state index contributed by atoms with van der Waals surface area (Å²) in [6, 6.07) is 11.9. The predicted molar refractivity (Wildman–Crippen MR) is 66.0 cm³/mol. The Hall–Kier alpha value is -2.36. The third-order valence-corrected chi connectivity index (χ3v) is 2.37. The largest absolute Gasteiger partial charge is 0.349 e. The van der Waals surface area contributed by atoms with Crippen LogP contribution in [0.25, 0.3) is 6.08 Å². The highest BCUT2D eigenvalue weighted by molar-refractivity contribution is 5.46. The standard InChI is InChI=1S/C13H12N2O2/c16-15(17)9-7-13-6-8-14(11-13)10-12-4-2-1-3-5-12/h1-9,11H,10H2/b9-7+. The van der Waals surface area contributed by atoms with Crippen molar-refractivity contribution >= 4 is 6.08 Å². The zero-order valence-electron chi connectivity index (χ0n) is 9.19. The van der Waals surface area contributed by atoms with Crippen LogP contribution in [0.4, 0.5) is 0 Å². The molecule has 2 aromatic rings. The summed E-state index contributed by atoms with van der Waals surface area (Å²) in [5.74, 6) is 0. The van der Waals surface area contributed by atoms with Crippen molar-refractivity contribution in [2.45, 2.75) is 6.54 Å². The number of hydrogen-bond donors (Lipinski definition) is 0. The van der Waals surface area contributed by atoms with Crippen LogP contribution >= 0.6 is 0 Å². The fourth-order valence-electron chi connectivity index (χ4n) is 1.60. The van der Waals surface area contributed by atoms with Gasteiger partial charge in [0, 0.05) is 25.0 Å². The molecule has 4 heteroatoms. The molecule has 0 saturated heterocycles. The highest BCUT2D eigenvalue weighted by Crippen LogP contribution is 2.07. The second-order valence-corrected chi connectivity index (χ2v) is 3.70. The molecule has 0 spiro atoms. The van der Waals surface area contributed by atoms with Crippen LogP contribution < -0.4 is 0 Å². The van der Waals surface area contributed by atoms with Crippen molar-refractivity contribution in [3.05, 3.63) is 76.2 Å². The van der Waals surface area contributed by atoms with E-state index in [0.717, 1.165) is 18.3 Å². The van der Waals surface area contributed by atoms with Gasteiger partial charge in [-0.25, -0.2) is 0 Å². The fourth-order valence-corrected chi connectivity index (χ4v) is 1.60. The van der Waals surface area contributed by atoms with Crippen molar-refractivity contribution in [3.8, 4) is 0 Å². The minimum Gasteiger partial charge on any atom is -0.349 e. The molecule has 0 fully saturated rings. The van der Waals surface area contributed by atoms with Gasteiger partial charge in [-0.1, -0.05) is 30.3 Å². The molecule has 0 N–H and O–H groups in total. The Morgan fingerprint density at radius 1 is 1.24 bits per heavy atom. The summed E-state index contributed by atoms with van der Waals surface area (Å²) >= 11 is 0. The molecule has 0 saturated carbocycles. The van der Waals surface area contributed by atoms with Gasteiger partial charge in [-0.15, -0.1) is 0 Å². The van der Waals surface area contributed by atoms with Gasteiger partial charge in [0.2, 0.25) is 6.20 Å². The van der Waals surface area contributed by atoms with Crippen LogP contribution in [0.3, 0.4) is 0 Å². The number of nitro groups is 1. The highest BCUT2D eigenvalue weighted by atomic mass is 16.6. The summed E-state index contributed by atoms with van der Waals surface area (Å²) in [6.07, 6.45) is 6.23. The van der Waals surface area contributed by atoms with Gasteiger partial charge in [0.25, 0.3) is 0 Å². The van der Waals surface area contributed by atoms with Gasteiger partial charge in [0.05, 0.1) is 4.92 Å². The Morgan fingerprint density at radius 2 is 2.00 bits per heavy atom. The van der Waals surface area contributed by atoms with E-state index in [1.807, 2.05) is 53.4 Å². The van der Waals surface area contributed by atoms with Crippen LogP contribution in [0.15, 0.2) is 55.0 Å². The molecule has 17 heavy (non-hydrogen) atoms. The lowest BCUT2D eigenvalue weighted by atomic mass is 10.2. The fraction of sp³-hybridized carbons (Fsp3) is 0.0769. The number of rotatable bonds is 4. The zero-order chi connectivity index (χ0) is 12.1. The topological polar surface area (TPSA) is 48.1 Å². The molecule has 1 aromatic heterocycles. The molecule has 0 radical (unpaired) electrons. The monoisotopic (exact) mass is 228 g/mol. The van der Waals surface area contributed by atoms with Gasteiger partial charge in [-0.2, -0.15) is 0 Å². The number of benzene rings is 1. The van der Waals surface area contributed by atoms with E-state index in [1.54, 1.807) is 0 Å². The van der Waals surface area contributed by atoms with Gasteiger partial charge in [0.15, 0.2) is 0 Å². The minimum absolute atomic E-state index is 0.464. The van der Waals surface area contributed by atoms with E-state index in [2.05, 4.69) is 0 Å². The van der Waals surface area contributed by atoms with Crippen LogP contribution in [0, 0.1) is 10.1 Å². The number of hydrogen-bond acceptors (Lipinski definition) is 2. The van der Waals surface area contributed by atoms with E-state index in [9.17, 15) is 10.1 Å². The Morgan fingerprint density at radius 3 is 2.71 bits per heavy atom. The predicted octanol–water partition coefficient (Wildman–Crippen LogP) is 2.78. The SMILES string of the molecule is O=[N+]([O-])/C=C/c1ccn(Cc2ccccc2)c1. The van der Waals surface area contributed by atoms with Gasteiger partial charge in [-0.3, -0.25) is 10.1 Å². The second-order valence-electron chi connectivity index (χ2n) is 3.70. The summed E-state index contributed by atoms with van der Waals surface area (Å²) < 4.78 is 1.99. The molecule has 0 amide bonds. The minimum atomic E-state index is -0.464. The first-order valence-electron chi connectivity index (χ1n) is 5.25. The van der Waals surface area contributed by atoms with Crippen molar-refractivity contribution in [2.24, 2.45) is 0 Å². The van der Waals surface area contributed by atoms with E-state index in [-0.39, 0.29) is 0 Å². The van der Waals surface area contributed by atoms with Gasteiger partial charge >= 0.3 is 0 Å². The lowest BCUT2D eigenvalue weighted by molar-refractivity contribution is -0.400. The first-order chi connectivity index (χ1) is 8.24. The van der Waals surface area contributed by atoms with Crippen LogP contribution in [-0.2, 0) is 6.54 Å². The first-order valence-corrected chi connectivity index (χ1v) is 5.25. The Balaban J connectivity index is 2.06. The Kier molecular flexibility index (Phi) is 3.35. The van der Waals surface area contributed by atoms with Gasteiger partial charge in [0.1, 0.15) is 0 Å². The summed E-state index contributed by atoms with van der Waals surface area (Å²) in [5.41, 5.74) is 2.03. The van der Waals surface area contributed by atoms with Crippen LogP contribution in [0.1, 0.15) is 11.1 Å². The van der Waals surface area contributed by atoms with Crippen molar-refractivity contribution in [1.82, 2.24) is 4.57 Å². The second kappa shape index (κ2) is 5.12. The third kappa shape index (κ3) is 3.31. The molecular formula is C13H12N2O2. The van der Waals surface area contributed by atoms with Gasteiger partial charge < -0.3 is 4.57 Å². The maximum Gasteiger partial charge on any atom is 0.235 e. The Labute approximate surface area is 99.0 Å². The third-order valence-electron chi connectivity index (χ3n) is 2.37. The molecule has 1 aromatic carbocycles. The van der Waals surface area contributed by atoms with Crippen LogP contribution in [0.5, 0.6) is 0 Å². The molecule has 0 aliphatic carbocycles. The average molecular weight is 228 g/mol. The van der Waals surface area contributed by atoms with Gasteiger partial charge in [-0.05, 0) is 17.2 Å². The quantitative estimate of drug-likeness (QED) is 0.596. The summed E-state index contributed by atoms with van der Waals surface area (Å²) in [7, 11) is 0. The molecule has 0 aliphatic rings. The number of nitrogens with zero attached hydrogens (tertiary/aromatic N) is 2. The average Bonchev–Trinajstić information content (AvgIpc) is 2.75. The molecule has 2 rings (SSSR count). The summed E-state index contributed by atoms with van der Waals surface area (Å²) in [6.45, 7) is 0.771. The summed E-state index contributed by atoms with van der Waals surface area (Å²) in [4.78, 5) is 9.72. The molecule has 0 aliphatic heterocycles. The molecule has 0 atom stereocenters. The first kappa shape index (κ1) is 11.1. The van der Waals surface area contributed by atoms with E-state index < -0.39 is 4.92 Å². The molecule has 86 valence electrons. The van der Waals surface area contributed by atoms with Crippen LogP contribution in [-0.4, -0.2) is 9.49 Å². The van der Waals surface area contributed by atoms with Crippen molar-refractivity contribution in [1.29, 1.82) is 0 Å². The van der Waals surface area contributed by atoms with Crippen molar-refractivity contribution in [3.63, 3.8) is 0 Å². The maximum atomic E-state index is 10.2. The number of aromatic nitrogens is 1. The van der Waals surface area contributed by atoms with E-state index in [1.165, 1.54) is 11.6 Å².